The van der Waals surface area contributed by atoms with Gasteiger partial charge in [-0.05, 0) is 42.8 Å². The number of nitrogen functional groups attached to an aromatic ring is 1. The molecule has 4 nitrogen and oxygen atoms in total. The maximum atomic E-state index is 5.81. The third-order valence-electron chi connectivity index (χ3n) is 3.58. The van der Waals surface area contributed by atoms with Crippen molar-refractivity contribution in [3.8, 4) is 17.1 Å². The normalized spacial score (nSPS) is 10.9. The lowest BCUT2D eigenvalue weighted by atomic mass is 10.1. The van der Waals surface area contributed by atoms with Crippen LogP contribution >= 0.6 is 0 Å². The number of fused-ring (bicyclic) bond motifs is 1. The predicted octanol–water partition coefficient (Wildman–Crippen LogP) is 3.14. The van der Waals surface area contributed by atoms with Gasteiger partial charge in [-0.3, -0.25) is 0 Å². The summed E-state index contributed by atoms with van der Waals surface area (Å²) in [5.74, 6) is 1.75. The first kappa shape index (κ1) is 12.5. The fourth-order valence-electron chi connectivity index (χ4n) is 2.49. The number of aryl methyl sites for hydroxylation is 2. The fraction of sp³-hybridized carbons (Fsp3) is 0.188. The number of hydrogen-bond donors (Lipinski definition) is 1. The van der Waals surface area contributed by atoms with E-state index in [0.717, 1.165) is 39.4 Å². The zero-order valence-corrected chi connectivity index (χ0v) is 11.8. The number of benzene rings is 2. The summed E-state index contributed by atoms with van der Waals surface area (Å²) in [4.78, 5) is 4.72. The molecule has 0 aliphatic carbocycles. The quantitative estimate of drug-likeness (QED) is 0.726. The summed E-state index contributed by atoms with van der Waals surface area (Å²) in [6, 6.07) is 11.8. The molecule has 3 aromatic rings. The monoisotopic (exact) mass is 267 g/mol. The number of imidazole rings is 1. The summed E-state index contributed by atoms with van der Waals surface area (Å²) in [5.41, 5.74) is 10.8. The van der Waals surface area contributed by atoms with Gasteiger partial charge in [0.1, 0.15) is 11.6 Å². The highest BCUT2D eigenvalue weighted by Gasteiger charge is 2.12. The molecule has 2 N–H and O–H groups in total. The molecule has 1 heterocycles. The topological polar surface area (TPSA) is 53.1 Å². The van der Waals surface area contributed by atoms with Crippen molar-refractivity contribution < 1.29 is 4.74 Å². The zero-order valence-electron chi connectivity index (χ0n) is 11.8. The fourth-order valence-corrected chi connectivity index (χ4v) is 2.49. The maximum Gasteiger partial charge on any atom is 0.141 e. The highest BCUT2D eigenvalue weighted by molar-refractivity contribution is 5.82. The standard InChI is InChI=1S/C16H17N3O/c1-10-8-11(17)4-6-13(10)16-18-14-9-12(20-3)5-7-15(14)19(16)2/h4-9H,17H2,1-3H3. The van der Waals surface area contributed by atoms with E-state index in [0.29, 0.717) is 0 Å². The van der Waals surface area contributed by atoms with Crippen molar-refractivity contribution >= 4 is 16.7 Å². The van der Waals surface area contributed by atoms with Gasteiger partial charge >= 0.3 is 0 Å². The highest BCUT2D eigenvalue weighted by Crippen LogP contribution is 2.29. The van der Waals surface area contributed by atoms with E-state index in [2.05, 4.69) is 4.57 Å². The highest BCUT2D eigenvalue weighted by atomic mass is 16.5. The SMILES string of the molecule is COc1ccc2c(c1)nc(-c1ccc(N)cc1C)n2C. The molecule has 1 aromatic heterocycles. The maximum absolute atomic E-state index is 5.81. The van der Waals surface area contributed by atoms with Crippen LogP contribution in [0.25, 0.3) is 22.4 Å². The molecule has 0 amide bonds. The molecule has 0 aliphatic heterocycles. The van der Waals surface area contributed by atoms with E-state index in [1.165, 1.54) is 0 Å². The molecular weight excluding hydrogens is 250 g/mol. The molecule has 0 unspecified atom stereocenters. The Balaban J connectivity index is 2.23. The third-order valence-corrected chi connectivity index (χ3v) is 3.58. The number of nitrogens with zero attached hydrogens (tertiary/aromatic N) is 2. The minimum atomic E-state index is 0.770. The Bertz CT molecular complexity index is 790. The Morgan fingerprint density at radius 1 is 1.15 bits per heavy atom. The lowest BCUT2D eigenvalue weighted by Gasteiger charge is -2.07. The van der Waals surface area contributed by atoms with Gasteiger partial charge in [0, 0.05) is 24.4 Å². The van der Waals surface area contributed by atoms with Crippen LogP contribution in [0, 0.1) is 6.92 Å². The molecule has 0 spiro atoms. The second-order valence-corrected chi connectivity index (χ2v) is 4.92. The van der Waals surface area contributed by atoms with Crippen LogP contribution in [-0.2, 0) is 7.05 Å². The van der Waals surface area contributed by atoms with Gasteiger partial charge in [-0.25, -0.2) is 4.98 Å². The first-order valence-corrected chi connectivity index (χ1v) is 6.47. The second kappa shape index (κ2) is 4.56. The van der Waals surface area contributed by atoms with Crippen LogP contribution in [0.2, 0.25) is 0 Å². The van der Waals surface area contributed by atoms with E-state index in [4.69, 9.17) is 15.5 Å². The molecule has 102 valence electrons. The van der Waals surface area contributed by atoms with E-state index in [1.54, 1.807) is 7.11 Å². The summed E-state index contributed by atoms with van der Waals surface area (Å²) in [6.07, 6.45) is 0. The van der Waals surface area contributed by atoms with Crippen molar-refractivity contribution in [2.24, 2.45) is 7.05 Å². The summed E-state index contributed by atoms with van der Waals surface area (Å²) in [5, 5.41) is 0. The van der Waals surface area contributed by atoms with E-state index >= 15 is 0 Å². The second-order valence-electron chi connectivity index (χ2n) is 4.92. The summed E-state index contributed by atoms with van der Waals surface area (Å²) < 4.78 is 7.34. The molecule has 0 radical (unpaired) electrons. The van der Waals surface area contributed by atoms with Gasteiger partial charge in [-0.2, -0.15) is 0 Å². The lowest BCUT2D eigenvalue weighted by molar-refractivity contribution is 0.415. The van der Waals surface area contributed by atoms with Crippen LogP contribution in [0.5, 0.6) is 5.75 Å². The lowest BCUT2D eigenvalue weighted by Crippen LogP contribution is -1.95. The van der Waals surface area contributed by atoms with Crippen LogP contribution < -0.4 is 10.5 Å². The number of anilines is 1. The first-order chi connectivity index (χ1) is 9.60. The van der Waals surface area contributed by atoms with Crippen LogP contribution in [0.1, 0.15) is 5.56 Å². The van der Waals surface area contributed by atoms with Crippen molar-refractivity contribution in [1.82, 2.24) is 9.55 Å². The van der Waals surface area contributed by atoms with E-state index in [1.807, 2.05) is 50.4 Å². The molecule has 3 rings (SSSR count). The first-order valence-electron chi connectivity index (χ1n) is 6.47. The molecule has 0 atom stereocenters. The van der Waals surface area contributed by atoms with Gasteiger partial charge < -0.3 is 15.0 Å². The van der Waals surface area contributed by atoms with E-state index in [-0.39, 0.29) is 0 Å². The van der Waals surface area contributed by atoms with Gasteiger partial charge in [-0.15, -0.1) is 0 Å². The number of ether oxygens (including phenoxy) is 1. The van der Waals surface area contributed by atoms with E-state index < -0.39 is 0 Å². The number of aromatic nitrogens is 2. The van der Waals surface area contributed by atoms with Gasteiger partial charge in [0.2, 0.25) is 0 Å². The van der Waals surface area contributed by atoms with Crippen LogP contribution in [0.4, 0.5) is 5.69 Å². The van der Waals surface area contributed by atoms with Crippen molar-refractivity contribution in [2.45, 2.75) is 6.92 Å². The Kier molecular flexibility index (Phi) is 2.86. The van der Waals surface area contributed by atoms with Crippen molar-refractivity contribution in [3.05, 3.63) is 42.0 Å². The summed E-state index contributed by atoms with van der Waals surface area (Å²) >= 11 is 0. The summed E-state index contributed by atoms with van der Waals surface area (Å²) in [7, 11) is 3.68. The minimum Gasteiger partial charge on any atom is -0.497 e. The molecule has 2 aromatic carbocycles. The van der Waals surface area contributed by atoms with Crippen molar-refractivity contribution in [1.29, 1.82) is 0 Å². The van der Waals surface area contributed by atoms with Gasteiger partial charge in [0.25, 0.3) is 0 Å². The molecular formula is C16H17N3O. The van der Waals surface area contributed by atoms with Gasteiger partial charge in [0.05, 0.1) is 18.1 Å². The molecule has 20 heavy (non-hydrogen) atoms. The van der Waals surface area contributed by atoms with Gasteiger partial charge in [0.15, 0.2) is 0 Å². The molecule has 0 bridgehead atoms. The number of rotatable bonds is 2. The molecule has 0 aliphatic rings. The van der Waals surface area contributed by atoms with Crippen LogP contribution in [0.15, 0.2) is 36.4 Å². The average molecular weight is 267 g/mol. The Hall–Kier alpha value is -2.49. The minimum absolute atomic E-state index is 0.770. The third kappa shape index (κ3) is 1.90. The van der Waals surface area contributed by atoms with Crippen molar-refractivity contribution in [2.75, 3.05) is 12.8 Å². The Morgan fingerprint density at radius 3 is 2.65 bits per heavy atom. The number of hydrogen-bond acceptors (Lipinski definition) is 3. The smallest absolute Gasteiger partial charge is 0.141 e. The van der Waals surface area contributed by atoms with Gasteiger partial charge in [-0.1, -0.05) is 0 Å². The Labute approximate surface area is 117 Å². The van der Waals surface area contributed by atoms with E-state index in [9.17, 15) is 0 Å². The average Bonchev–Trinajstić information content (AvgIpc) is 2.75. The largest absolute Gasteiger partial charge is 0.497 e. The Morgan fingerprint density at radius 2 is 1.95 bits per heavy atom. The number of methoxy groups -OCH3 is 1. The summed E-state index contributed by atoms with van der Waals surface area (Å²) in [6.45, 7) is 2.05. The predicted molar refractivity (Wildman–Crippen MR) is 81.9 cm³/mol. The van der Waals surface area contributed by atoms with Crippen LogP contribution in [-0.4, -0.2) is 16.7 Å². The zero-order chi connectivity index (χ0) is 14.3. The molecule has 0 saturated heterocycles. The molecule has 4 heteroatoms. The molecule has 0 saturated carbocycles. The molecule has 0 fully saturated rings. The number of nitrogens with two attached hydrogens (primary N) is 1. The van der Waals surface area contributed by atoms with Crippen LogP contribution in [0.3, 0.4) is 0 Å². The van der Waals surface area contributed by atoms with Crippen molar-refractivity contribution in [3.63, 3.8) is 0 Å².